The van der Waals surface area contributed by atoms with Crippen molar-refractivity contribution in [3.63, 3.8) is 0 Å². The van der Waals surface area contributed by atoms with Crippen LogP contribution >= 0.6 is 0 Å². The predicted octanol–water partition coefficient (Wildman–Crippen LogP) is 4.10. The van der Waals surface area contributed by atoms with Gasteiger partial charge < -0.3 is 40.9 Å². The van der Waals surface area contributed by atoms with Gasteiger partial charge in [-0.1, -0.05) is 50.2 Å². The highest BCUT2D eigenvalue weighted by atomic mass is 16.4. The number of hydrogen-bond donors (Lipinski definition) is 8. The third-order valence-electron chi connectivity index (χ3n) is 14.1. The van der Waals surface area contributed by atoms with Crippen LogP contribution in [0.25, 0.3) is 0 Å². The lowest BCUT2D eigenvalue weighted by Gasteiger charge is -2.66. The van der Waals surface area contributed by atoms with Gasteiger partial charge in [0.15, 0.2) is 5.78 Å². The highest BCUT2D eigenvalue weighted by molar-refractivity contribution is 6.05. The van der Waals surface area contributed by atoms with Crippen molar-refractivity contribution in [2.75, 3.05) is 0 Å². The number of carboxylic acid groups (broad SMARTS) is 2. The summed E-state index contributed by atoms with van der Waals surface area (Å²) in [7, 11) is 0. The van der Waals surface area contributed by atoms with E-state index >= 15 is 4.79 Å². The fraction of sp³-hybridized carbons (Fsp3) is 0.585. The van der Waals surface area contributed by atoms with Gasteiger partial charge in [-0.3, -0.25) is 4.79 Å². The molecule has 0 saturated heterocycles. The zero-order chi connectivity index (χ0) is 38.4. The van der Waals surface area contributed by atoms with Crippen molar-refractivity contribution in [2.45, 2.75) is 126 Å². The molecule has 10 atom stereocenters. The average Bonchev–Trinajstić information content (AvgIpc) is 3.36. The van der Waals surface area contributed by atoms with Crippen molar-refractivity contribution in [2.24, 2.45) is 22.7 Å². The third-order valence-corrected chi connectivity index (χ3v) is 14.1. The lowest BCUT2D eigenvalue weighted by Crippen LogP contribution is -2.69. The van der Waals surface area contributed by atoms with E-state index in [1.165, 1.54) is 30.3 Å². The fourth-order valence-electron chi connectivity index (χ4n) is 11.3. The van der Waals surface area contributed by atoms with Crippen molar-refractivity contribution in [1.82, 2.24) is 0 Å². The second kappa shape index (κ2) is 12.3. The molecule has 8 N–H and O–H groups in total. The standard InChI is InChI=1S/C41H52O11/c1-35(2,49)17-16-30(42)38(5,50)29-15-19-41(52)28-20-31(43)39(25-12-8-6-10-23(25)33(45)46)21-32(44)40(51,26-13-9-7-11-24(26)34(47)48)22-37(39,4)27(28)14-18-36(29,41)3/h6-13,20,27,29-30,32,42,44,49-52H,14-19,21-22H2,1-5H3,(H,45,46)(H,47,48)/t27-,29-,30?,32+,36+,37+,38+,39?,40+,41+/m0/s1. The van der Waals surface area contributed by atoms with Crippen molar-refractivity contribution in [1.29, 1.82) is 0 Å². The quantitative estimate of drug-likeness (QED) is 0.185. The van der Waals surface area contributed by atoms with Gasteiger partial charge in [-0.2, -0.15) is 0 Å². The topological polar surface area (TPSA) is 213 Å². The number of rotatable bonds is 9. The Kier molecular flexibility index (Phi) is 9.05. The number of carbonyl (C=O) groups is 3. The van der Waals surface area contributed by atoms with E-state index < -0.39 is 86.8 Å². The van der Waals surface area contributed by atoms with E-state index in [-0.39, 0.29) is 47.9 Å². The molecule has 0 aliphatic heterocycles. The lowest BCUT2D eigenvalue weighted by atomic mass is 9.38. The summed E-state index contributed by atoms with van der Waals surface area (Å²) in [5.74, 6) is -4.39. The molecule has 2 unspecified atom stereocenters. The van der Waals surface area contributed by atoms with E-state index in [4.69, 9.17) is 0 Å². The van der Waals surface area contributed by atoms with Crippen molar-refractivity contribution >= 4 is 17.7 Å². The molecule has 0 spiro atoms. The molecule has 0 amide bonds. The number of carboxylic acids is 2. The van der Waals surface area contributed by atoms with E-state index in [1.54, 1.807) is 52.0 Å². The normalized spacial score (nSPS) is 37.6. The highest BCUT2D eigenvalue weighted by Crippen LogP contribution is 2.72. The van der Waals surface area contributed by atoms with Crippen LogP contribution in [0.5, 0.6) is 0 Å². The highest BCUT2D eigenvalue weighted by Gasteiger charge is 2.74. The number of aromatic carboxylic acids is 2. The number of hydrogen-bond acceptors (Lipinski definition) is 9. The molecule has 2 aromatic rings. The lowest BCUT2D eigenvalue weighted by molar-refractivity contribution is -0.201. The third kappa shape index (κ3) is 5.26. The first-order chi connectivity index (χ1) is 24.0. The monoisotopic (exact) mass is 720 g/mol. The van der Waals surface area contributed by atoms with Crippen LogP contribution in [-0.2, 0) is 15.8 Å². The summed E-state index contributed by atoms with van der Waals surface area (Å²) in [6.07, 6.45) is -0.772. The summed E-state index contributed by atoms with van der Waals surface area (Å²) in [5.41, 5.74) is -10.5. The second-order valence-corrected chi connectivity index (χ2v) is 17.4. The van der Waals surface area contributed by atoms with Gasteiger partial charge in [-0.15, -0.1) is 0 Å². The number of benzene rings is 2. The molecule has 2 aromatic carbocycles. The largest absolute Gasteiger partial charge is 0.478 e. The summed E-state index contributed by atoms with van der Waals surface area (Å²) in [5, 5.41) is 91.5. The van der Waals surface area contributed by atoms with Crippen LogP contribution in [0.15, 0.2) is 60.2 Å². The van der Waals surface area contributed by atoms with Crippen molar-refractivity contribution in [3.8, 4) is 0 Å². The molecular formula is C41H52O11. The Morgan fingerprint density at radius 2 is 1.42 bits per heavy atom. The van der Waals surface area contributed by atoms with E-state index in [0.717, 1.165) is 0 Å². The molecule has 0 aromatic heterocycles. The minimum Gasteiger partial charge on any atom is -0.478 e. The summed E-state index contributed by atoms with van der Waals surface area (Å²) in [6.45, 7) is 8.43. The number of fused-ring (bicyclic) bond motifs is 5. The van der Waals surface area contributed by atoms with E-state index in [0.29, 0.717) is 24.8 Å². The van der Waals surface area contributed by atoms with Crippen LogP contribution in [0, 0.1) is 22.7 Å². The predicted molar refractivity (Wildman–Crippen MR) is 189 cm³/mol. The number of carbonyl (C=O) groups excluding carboxylic acids is 1. The number of aliphatic hydroxyl groups is 6. The van der Waals surface area contributed by atoms with Crippen molar-refractivity contribution < 1.29 is 55.2 Å². The molecule has 6 rings (SSSR count). The van der Waals surface area contributed by atoms with Gasteiger partial charge >= 0.3 is 11.9 Å². The van der Waals surface area contributed by atoms with Gasteiger partial charge in [0.25, 0.3) is 0 Å². The van der Waals surface area contributed by atoms with Crippen LogP contribution in [0.1, 0.15) is 118 Å². The molecule has 52 heavy (non-hydrogen) atoms. The fourth-order valence-corrected chi connectivity index (χ4v) is 11.3. The zero-order valence-corrected chi connectivity index (χ0v) is 30.5. The molecule has 3 saturated carbocycles. The van der Waals surface area contributed by atoms with E-state index in [2.05, 4.69) is 0 Å². The van der Waals surface area contributed by atoms with Gasteiger partial charge in [-0.05, 0) is 119 Å². The summed E-state index contributed by atoms with van der Waals surface area (Å²) in [6, 6.07) is 12.0. The molecule has 11 heteroatoms. The van der Waals surface area contributed by atoms with Gasteiger partial charge in [0.1, 0.15) is 5.60 Å². The number of aliphatic hydroxyl groups excluding tert-OH is 2. The second-order valence-electron chi connectivity index (χ2n) is 17.4. The Morgan fingerprint density at radius 1 is 0.865 bits per heavy atom. The summed E-state index contributed by atoms with van der Waals surface area (Å²) >= 11 is 0. The van der Waals surface area contributed by atoms with Gasteiger partial charge in [-0.25, -0.2) is 9.59 Å². The van der Waals surface area contributed by atoms with Crippen LogP contribution in [-0.4, -0.2) is 87.6 Å². The molecule has 0 radical (unpaired) electrons. The van der Waals surface area contributed by atoms with Crippen LogP contribution in [0.2, 0.25) is 0 Å². The number of ketones is 1. The molecule has 0 bridgehead atoms. The first-order valence-electron chi connectivity index (χ1n) is 18.2. The maximum absolute atomic E-state index is 15.1. The van der Waals surface area contributed by atoms with Gasteiger partial charge in [0, 0.05) is 11.0 Å². The SMILES string of the molecule is CC(C)(O)CCC(O)[C@](C)(O)[C@H]1CC[C@@]2(O)C3=CC(=O)C4(c5ccccc5C(=O)O)C[C@@H](O)[C@](O)(c5ccccc5C(=O)O)C[C@]4(C)[C@H]3CC[C@]12C. The average molecular weight is 721 g/mol. The molecular weight excluding hydrogens is 668 g/mol. The Morgan fingerprint density at radius 3 is 2.00 bits per heavy atom. The summed E-state index contributed by atoms with van der Waals surface area (Å²) < 4.78 is 0. The minimum absolute atomic E-state index is 0.0312. The number of allylic oxidation sites excluding steroid dienone is 1. The molecule has 4 aliphatic rings. The molecule has 0 heterocycles. The Hall–Kier alpha value is -3.45. The maximum atomic E-state index is 15.1. The maximum Gasteiger partial charge on any atom is 0.336 e. The van der Waals surface area contributed by atoms with Crippen LogP contribution in [0.4, 0.5) is 0 Å². The zero-order valence-electron chi connectivity index (χ0n) is 30.5. The first-order valence-corrected chi connectivity index (χ1v) is 18.2. The van der Waals surface area contributed by atoms with Gasteiger partial charge in [0.2, 0.25) is 0 Å². The van der Waals surface area contributed by atoms with Crippen LogP contribution in [0.3, 0.4) is 0 Å². The molecule has 282 valence electrons. The van der Waals surface area contributed by atoms with Crippen LogP contribution < -0.4 is 0 Å². The minimum atomic E-state index is -2.18. The Balaban J connectivity index is 1.53. The molecule has 4 aliphatic carbocycles. The van der Waals surface area contributed by atoms with Gasteiger partial charge in [0.05, 0.1) is 45.6 Å². The summed E-state index contributed by atoms with van der Waals surface area (Å²) in [4.78, 5) is 40.2. The smallest absolute Gasteiger partial charge is 0.336 e. The van der Waals surface area contributed by atoms with Crippen molar-refractivity contribution in [3.05, 3.63) is 82.4 Å². The van der Waals surface area contributed by atoms with E-state index in [1.807, 2.05) is 6.92 Å². The Labute approximate surface area is 303 Å². The Bertz CT molecular complexity index is 1830. The molecule has 3 fully saturated rings. The van der Waals surface area contributed by atoms with E-state index in [9.17, 15) is 50.4 Å². The first kappa shape index (κ1) is 38.3. The molecule has 11 nitrogen and oxygen atoms in total.